The Morgan fingerprint density at radius 1 is 1.24 bits per heavy atom. The first-order chi connectivity index (χ1) is 7.97. The monoisotopic (exact) mass is 246 g/mol. The number of likely N-dealkylation sites (N-methyl/N-ethyl adjacent to an activating group) is 1. The van der Waals surface area contributed by atoms with Crippen LogP contribution >= 0.6 is 0 Å². The molecule has 6 heteroatoms. The highest BCUT2D eigenvalue weighted by Gasteiger charge is 2.16. The van der Waals surface area contributed by atoms with Gasteiger partial charge in [0.2, 0.25) is 5.91 Å². The summed E-state index contributed by atoms with van der Waals surface area (Å²) in [5.74, 6) is -1.12. The maximum absolute atomic E-state index is 11.8. The number of carboxylic acids is 1. The molecule has 6 nitrogen and oxygen atoms in total. The Morgan fingerprint density at radius 2 is 1.88 bits per heavy atom. The fourth-order valence-corrected chi connectivity index (χ4v) is 1.30. The van der Waals surface area contributed by atoms with Crippen molar-refractivity contribution in [2.75, 3.05) is 47.4 Å². The number of amides is 1. The van der Waals surface area contributed by atoms with Crippen molar-refractivity contribution in [1.29, 1.82) is 0 Å². The van der Waals surface area contributed by atoms with Crippen LogP contribution in [0.25, 0.3) is 0 Å². The van der Waals surface area contributed by atoms with E-state index in [0.717, 1.165) is 0 Å². The number of carbonyl (C=O) groups is 2. The van der Waals surface area contributed by atoms with E-state index in [0.29, 0.717) is 32.5 Å². The predicted octanol–water partition coefficient (Wildman–Crippen LogP) is -0.112. The molecule has 0 atom stereocenters. The standard InChI is InChI=1S/C11H22N2O4/c1-12(2)6-7-13(9-11(15)16)10(14)5-4-8-17-3/h4-9H2,1-3H3,(H,15,16). The topological polar surface area (TPSA) is 70.1 Å². The van der Waals surface area contributed by atoms with Crippen LogP contribution in [0, 0.1) is 0 Å². The van der Waals surface area contributed by atoms with E-state index in [1.807, 2.05) is 19.0 Å². The lowest BCUT2D eigenvalue weighted by Gasteiger charge is -2.22. The zero-order valence-electron chi connectivity index (χ0n) is 10.8. The number of carboxylic acid groups (broad SMARTS) is 1. The molecule has 1 amide bonds. The fraction of sp³-hybridized carbons (Fsp3) is 0.818. The van der Waals surface area contributed by atoms with Gasteiger partial charge in [-0.1, -0.05) is 0 Å². The van der Waals surface area contributed by atoms with E-state index < -0.39 is 5.97 Å². The minimum absolute atomic E-state index is 0.133. The summed E-state index contributed by atoms with van der Waals surface area (Å²) in [7, 11) is 5.34. The molecule has 0 rings (SSSR count). The normalized spacial score (nSPS) is 10.6. The lowest BCUT2D eigenvalue weighted by atomic mass is 10.2. The number of carbonyl (C=O) groups excluding carboxylic acids is 1. The van der Waals surface area contributed by atoms with Crippen molar-refractivity contribution in [3.63, 3.8) is 0 Å². The molecule has 0 radical (unpaired) electrons. The van der Waals surface area contributed by atoms with Gasteiger partial charge in [0.1, 0.15) is 6.54 Å². The molecular formula is C11H22N2O4. The van der Waals surface area contributed by atoms with Gasteiger partial charge in [-0.3, -0.25) is 9.59 Å². The first-order valence-corrected chi connectivity index (χ1v) is 5.60. The van der Waals surface area contributed by atoms with Gasteiger partial charge in [0.25, 0.3) is 0 Å². The van der Waals surface area contributed by atoms with Crippen molar-refractivity contribution < 1.29 is 19.4 Å². The summed E-state index contributed by atoms with van der Waals surface area (Å²) in [6.07, 6.45) is 0.946. The maximum Gasteiger partial charge on any atom is 0.323 e. The summed E-state index contributed by atoms with van der Waals surface area (Å²) < 4.78 is 4.86. The second-order valence-corrected chi connectivity index (χ2v) is 4.11. The van der Waals surface area contributed by atoms with Gasteiger partial charge in [-0.25, -0.2) is 0 Å². The van der Waals surface area contributed by atoms with E-state index in [2.05, 4.69) is 0 Å². The van der Waals surface area contributed by atoms with E-state index in [-0.39, 0.29) is 12.5 Å². The summed E-state index contributed by atoms with van der Waals surface area (Å²) >= 11 is 0. The fourth-order valence-electron chi connectivity index (χ4n) is 1.30. The molecule has 0 heterocycles. The van der Waals surface area contributed by atoms with Crippen LogP contribution < -0.4 is 0 Å². The van der Waals surface area contributed by atoms with Gasteiger partial charge < -0.3 is 19.6 Å². The molecule has 1 N–H and O–H groups in total. The van der Waals surface area contributed by atoms with Crippen LogP contribution in [0.15, 0.2) is 0 Å². The van der Waals surface area contributed by atoms with Crippen LogP contribution in [-0.4, -0.2) is 74.2 Å². The van der Waals surface area contributed by atoms with Crippen molar-refractivity contribution >= 4 is 11.9 Å². The molecule has 0 saturated heterocycles. The van der Waals surface area contributed by atoms with E-state index in [1.54, 1.807) is 7.11 Å². The number of nitrogens with zero attached hydrogens (tertiary/aromatic N) is 2. The third kappa shape index (κ3) is 8.65. The Kier molecular flexibility index (Phi) is 8.35. The molecule has 0 aromatic carbocycles. The second-order valence-electron chi connectivity index (χ2n) is 4.11. The van der Waals surface area contributed by atoms with Crippen LogP contribution in [0.1, 0.15) is 12.8 Å². The van der Waals surface area contributed by atoms with Gasteiger partial charge in [-0.05, 0) is 20.5 Å². The molecule has 0 spiro atoms. The first kappa shape index (κ1) is 15.9. The predicted molar refractivity (Wildman–Crippen MR) is 63.9 cm³/mol. The Bertz CT molecular complexity index is 244. The summed E-state index contributed by atoms with van der Waals surface area (Å²) in [6, 6.07) is 0. The van der Waals surface area contributed by atoms with Crippen LogP contribution in [0.3, 0.4) is 0 Å². The number of rotatable bonds is 9. The minimum atomic E-state index is -0.983. The Labute approximate surface area is 102 Å². The summed E-state index contributed by atoms with van der Waals surface area (Å²) in [5.41, 5.74) is 0. The summed E-state index contributed by atoms with van der Waals surface area (Å²) in [6.45, 7) is 1.37. The van der Waals surface area contributed by atoms with Crippen LogP contribution in [-0.2, 0) is 14.3 Å². The number of aliphatic carboxylic acids is 1. The van der Waals surface area contributed by atoms with E-state index in [1.165, 1.54) is 4.90 Å². The van der Waals surface area contributed by atoms with Crippen LogP contribution in [0.2, 0.25) is 0 Å². The Morgan fingerprint density at radius 3 is 2.35 bits per heavy atom. The van der Waals surface area contributed by atoms with E-state index >= 15 is 0 Å². The van der Waals surface area contributed by atoms with Crippen molar-refractivity contribution in [3.8, 4) is 0 Å². The number of hydrogen-bond acceptors (Lipinski definition) is 4. The third-order valence-corrected chi connectivity index (χ3v) is 2.24. The van der Waals surface area contributed by atoms with Gasteiger partial charge in [0, 0.05) is 33.2 Å². The SMILES string of the molecule is COCCCC(=O)N(CCN(C)C)CC(=O)O. The van der Waals surface area contributed by atoms with Gasteiger partial charge in [0.15, 0.2) is 0 Å². The molecule has 0 aromatic rings. The zero-order valence-corrected chi connectivity index (χ0v) is 10.8. The highest BCUT2D eigenvalue weighted by molar-refractivity contribution is 5.81. The molecule has 100 valence electrons. The molecule has 17 heavy (non-hydrogen) atoms. The molecule has 0 saturated carbocycles. The molecule has 0 aromatic heterocycles. The van der Waals surface area contributed by atoms with E-state index in [4.69, 9.17) is 9.84 Å². The molecule has 0 fully saturated rings. The molecular weight excluding hydrogens is 224 g/mol. The van der Waals surface area contributed by atoms with Crippen molar-refractivity contribution in [2.45, 2.75) is 12.8 Å². The highest BCUT2D eigenvalue weighted by atomic mass is 16.5. The Hall–Kier alpha value is -1.14. The lowest BCUT2D eigenvalue weighted by molar-refractivity contribution is -0.144. The molecule has 0 aliphatic rings. The molecule has 0 unspecified atom stereocenters. The maximum atomic E-state index is 11.8. The van der Waals surface area contributed by atoms with Crippen molar-refractivity contribution in [1.82, 2.24) is 9.80 Å². The molecule has 0 aliphatic carbocycles. The van der Waals surface area contributed by atoms with Crippen LogP contribution in [0.4, 0.5) is 0 Å². The molecule has 0 aliphatic heterocycles. The first-order valence-electron chi connectivity index (χ1n) is 5.60. The number of ether oxygens (including phenoxy) is 1. The van der Waals surface area contributed by atoms with Crippen molar-refractivity contribution in [3.05, 3.63) is 0 Å². The summed E-state index contributed by atoms with van der Waals surface area (Å²) in [4.78, 5) is 25.7. The minimum Gasteiger partial charge on any atom is -0.480 e. The third-order valence-electron chi connectivity index (χ3n) is 2.24. The smallest absolute Gasteiger partial charge is 0.323 e. The average molecular weight is 246 g/mol. The van der Waals surface area contributed by atoms with Gasteiger partial charge >= 0.3 is 5.97 Å². The second kappa shape index (κ2) is 8.95. The largest absolute Gasteiger partial charge is 0.480 e. The Balaban J connectivity index is 4.14. The lowest BCUT2D eigenvalue weighted by Crippen LogP contribution is -2.40. The quantitative estimate of drug-likeness (QED) is 0.575. The highest BCUT2D eigenvalue weighted by Crippen LogP contribution is 1.99. The average Bonchev–Trinajstić information content (AvgIpc) is 2.23. The van der Waals surface area contributed by atoms with Gasteiger partial charge in [-0.15, -0.1) is 0 Å². The zero-order chi connectivity index (χ0) is 13.3. The number of hydrogen-bond donors (Lipinski definition) is 1. The summed E-state index contributed by atoms with van der Waals surface area (Å²) in [5, 5.41) is 8.74. The van der Waals surface area contributed by atoms with E-state index in [9.17, 15) is 9.59 Å². The van der Waals surface area contributed by atoms with Gasteiger partial charge in [-0.2, -0.15) is 0 Å². The molecule has 0 bridgehead atoms. The van der Waals surface area contributed by atoms with Crippen molar-refractivity contribution in [2.24, 2.45) is 0 Å². The number of methoxy groups -OCH3 is 1. The van der Waals surface area contributed by atoms with Gasteiger partial charge in [0.05, 0.1) is 0 Å². The van der Waals surface area contributed by atoms with Crippen LogP contribution in [0.5, 0.6) is 0 Å².